The summed E-state index contributed by atoms with van der Waals surface area (Å²) in [6.07, 6.45) is 2.42. The number of fused-ring (bicyclic) bond motifs is 1. The van der Waals surface area contributed by atoms with E-state index < -0.39 is 0 Å². The lowest BCUT2D eigenvalue weighted by molar-refractivity contribution is 0.0929. The zero-order valence-electron chi connectivity index (χ0n) is 15.4. The number of aromatic nitrogens is 2. The van der Waals surface area contributed by atoms with Crippen molar-refractivity contribution in [1.82, 2.24) is 15.3 Å². The molecule has 140 valence electrons. The monoisotopic (exact) mass is 365 g/mol. The molecular weight excluding hydrogens is 342 g/mol. The van der Waals surface area contributed by atoms with Crippen molar-refractivity contribution >= 4 is 28.5 Å². The topological polar surface area (TPSA) is 83.3 Å². The third-order valence-electron chi connectivity index (χ3n) is 4.62. The van der Waals surface area contributed by atoms with E-state index >= 15 is 0 Å². The van der Waals surface area contributed by atoms with E-state index in [0.717, 1.165) is 35.9 Å². The van der Waals surface area contributed by atoms with Crippen molar-refractivity contribution < 1.29 is 9.21 Å². The second-order valence-electron chi connectivity index (χ2n) is 6.68. The molecule has 0 aliphatic carbocycles. The average Bonchev–Trinajstić information content (AvgIpc) is 3.34. The number of hydrogen-bond acceptors (Lipinski definition) is 6. The lowest BCUT2D eigenvalue weighted by atomic mass is 10.2. The number of nitrogens with zero attached hydrogens (tertiary/aromatic N) is 3. The largest absolute Gasteiger partial charge is 0.451 e. The van der Waals surface area contributed by atoms with Gasteiger partial charge in [0, 0.05) is 37.6 Å². The van der Waals surface area contributed by atoms with E-state index in [1.807, 2.05) is 37.3 Å². The summed E-state index contributed by atoms with van der Waals surface area (Å²) in [5, 5.41) is 7.05. The van der Waals surface area contributed by atoms with Crippen LogP contribution in [-0.2, 0) is 0 Å². The molecule has 0 spiro atoms. The van der Waals surface area contributed by atoms with Gasteiger partial charge in [-0.2, -0.15) is 0 Å². The van der Waals surface area contributed by atoms with Gasteiger partial charge >= 0.3 is 0 Å². The Kier molecular flexibility index (Phi) is 4.91. The van der Waals surface area contributed by atoms with Crippen LogP contribution in [0.25, 0.3) is 11.0 Å². The van der Waals surface area contributed by atoms with Gasteiger partial charge < -0.3 is 20.0 Å². The van der Waals surface area contributed by atoms with Crippen LogP contribution in [0, 0.1) is 6.92 Å². The molecule has 3 heterocycles. The van der Waals surface area contributed by atoms with E-state index in [1.165, 1.54) is 12.8 Å². The zero-order valence-corrected chi connectivity index (χ0v) is 15.4. The van der Waals surface area contributed by atoms with Gasteiger partial charge in [0.2, 0.25) is 0 Å². The number of anilines is 2. The number of furan rings is 1. The molecule has 7 nitrogen and oxygen atoms in total. The zero-order chi connectivity index (χ0) is 18.6. The number of carbonyl (C=O) groups excluding carboxylic acids is 1. The first-order chi connectivity index (χ1) is 13.2. The molecule has 0 radical (unpaired) electrons. The minimum Gasteiger partial charge on any atom is -0.451 e. The van der Waals surface area contributed by atoms with Gasteiger partial charge in [-0.15, -0.1) is 0 Å². The molecule has 4 rings (SSSR count). The standard InChI is InChI=1S/C20H23N5O2/c1-14-23-18(13-19(24-14)25-10-4-5-11-25)21-8-9-22-20(26)17-12-15-6-2-3-7-16(15)27-17/h2-3,6-7,12-13H,4-5,8-11H2,1H3,(H,22,26)(H,21,23,24). The fraction of sp³-hybridized carbons (Fsp3) is 0.350. The Hall–Kier alpha value is -3.09. The maximum atomic E-state index is 12.2. The molecule has 1 aliphatic heterocycles. The molecule has 2 N–H and O–H groups in total. The van der Waals surface area contributed by atoms with Gasteiger partial charge in [-0.3, -0.25) is 4.79 Å². The van der Waals surface area contributed by atoms with Gasteiger partial charge in [0.1, 0.15) is 23.0 Å². The predicted octanol–water partition coefficient (Wildman–Crippen LogP) is 2.97. The van der Waals surface area contributed by atoms with Crippen LogP contribution in [-0.4, -0.2) is 42.1 Å². The van der Waals surface area contributed by atoms with E-state index in [4.69, 9.17) is 4.42 Å². The molecule has 1 aliphatic rings. The van der Waals surface area contributed by atoms with Crippen LogP contribution in [0.15, 0.2) is 40.8 Å². The third kappa shape index (κ3) is 4.02. The fourth-order valence-corrected chi connectivity index (χ4v) is 3.30. The summed E-state index contributed by atoms with van der Waals surface area (Å²) in [6.45, 7) is 5.03. The number of rotatable bonds is 6. The van der Waals surface area contributed by atoms with E-state index in [-0.39, 0.29) is 5.91 Å². The first-order valence-electron chi connectivity index (χ1n) is 9.30. The summed E-state index contributed by atoms with van der Waals surface area (Å²) in [5.74, 6) is 2.60. The van der Waals surface area contributed by atoms with Gasteiger partial charge in [-0.1, -0.05) is 18.2 Å². The highest BCUT2D eigenvalue weighted by molar-refractivity contribution is 5.96. The highest BCUT2D eigenvalue weighted by Gasteiger charge is 2.15. The molecule has 0 unspecified atom stereocenters. The van der Waals surface area contributed by atoms with Crippen LogP contribution in [0.4, 0.5) is 11.6 Å². The van der Waals surface area contributed by atoms with Crippen molar-refractivity contribution in [3.8, 4) is 0 Å². The summed E-state index contributed by atoms with van der Waals surface area (Å²) in [7, 11) is 0. The van der Waals surface area contributed by atoms with Crippen molar-refractivity contribution in [1.29, 1.82) is 0 Å². The number of aryl methyl sites for hydroxylation is 1. The molecule has 0 bridgehead atoms. The normalized spacial score (nSPS) is 13.9. The van der Waals surface area contributed by atoms with Crippen LogP contribution in [0.2, 0.25) is 0 Å². The first-order valence-corrected chi connectivity index (χ1v) is 9.30. The minimum atomic E-state index is -0.218. The molecule has 7 heteroatoms. The van der Waals surface area contributed by atoms with E-state index in [0.29, 0.717) is 24.4 Å². The van der Waals surface area contributed by atoms with E-state index in [9.17, 15) is 4.79 Å². The number of hydrogen-bond donors (Lipinski definition) is 2. The van der Waals surface area contributed by atoms with Crippen molar-refractivity contribution in [2.24, 2.45) is 0 Å². The van der Waals surface area contributed by atoms with E-state index in [1.54, 1.807) is 6.07 Å². The fourth-order valence-electron chi connectivity index (χ4n) is 3.30. The highest BCUT2D eigenvalue weighted by Crippen LogP contribution is 2.20. The summed E-state index contributed by atoms with van der Waals surface area (Å²) in [4.78, 5) is 23.5. The lowest BCUT2D eigenvalue weighted by Gasteiger charge is -2.17. The van der Waals surface area contributed by atoms with Crippen molar-refractivity contribution in [2.45, 2.75) is 19.8 Å². The molecule has 0 saturated carbocycles. The summed E-state index contributed by atoms with van der Waals surface area (Å²) in [6, 6.07) is 11.3. The number of benzene rings is 1. The summed E-state index contributed by atoms with van der Waals surface area (Å²) in [5.41, 5.74) is 0.715. The minimum absolute atomic E-state index is 0.218. The van der Waals surface area contributed by atoms with Crippen LogP contribution in [0.1, 0.15) is 29.2 Å². The molecule has 1 aromatic carbocycles. The second-order valence-corrected chi connectivity index (χ2v) is 6.68. The van der Waals surface area contributed by atoms with Gasteiger partial charge in [0.05, 0.1) is 0 Å². The SMILES string of the molecule is Cc1nc(NCCNC(=O)c2cc3ccccc3o2)cc(N2CCCC2)n1. The van der Waals surface area contributed by atoms with Gasteiger partial charge in [-0.05, 0) is 31.9 Å². The predicted molar refractivity (Wildman–Crippen MR) is 105 cm³/mol. The third-order valence-corrected chi connectivity index (χ3v) is 4.62. The van der Waals surface area contributed by atoms with Crippen molar-refractivity contribution in [3.63, 3.8) is 0 Å². The molecular formula is C20H23N5O2. The Morgan fingerprint density at radius 1 is 1.15 bits per heavy atom. The van der Waals surface area contributed by atoms with Crippen LogP contribution < -0.4 is 15.5 Å². The summed E-state index contributed by atoms with van der Waals surface area (Å²) < 4.78 is 5.57. The molecule has 2 aromatic heterocycles. The Bertz CT molecular complexity index is 913. The van der Waals surface area contributed by atoms with Gasteiger partial charge in [0.25, 0.3) is 5.91 Å². The molecule has 1 fully saturated rings. The maximum absolute atomic E-state index is 12.2. The van der Waals surface area contributed by atoms with Crippen molar-refractivity contribution in [3.05, 3.63) is 48.0 Å². The van der Waals surface area contributed by atoms with Crippen LogP contribution in [0.3, 0.4) is 0 Å². The summed E-state index contributed by atoms with van der Waals surface area (Å²) >= 11 is 0. The van der Waals surface area contributed by atoms with Gasteiger partial charge in [-0.25, -0.2) is 9.97 Å². The Labute approximate surface area is 157 Å². The Balaban J connectivity index is 1.31. The highest BCUT2D eigenvalue weighted by atomic mass is 16.3. The molecule has 27 heavy (non-hydrogen) atoms. The smallest absolute Gasteiger partial charge is 0.287 e. The van der Waals surface area contributed by atoms with Gasteiger partial charge in [0.15, 0.2) is 5.76 Å². The maximum Gasteiger partial charge on any atom is 0.287 e. The average molecular weight is 365 g/mol. The number of carbonyl (C=O) groups is 1. The number of para-hydroxylation sites is 1. The molecule has 0 atom stereocenters. The second kappa shape index (κ2) is 7.65. The Morgan fingerprint density at radius 2 is 1.96 bits per heavy atom. The first kappa shape index (κ1) is 17.3. The van der Waals surface area contributed by atoms with Crippen LogP contribution >= 0.6 is 0 Å². The van der Waals surface area contributed by atoms with Crippen molar-refractivity contribution in [2.75, 3.05) is 36.4 Å². The molecule has 1 saturated heterocycles. The van der Waals surface area contributed by atoms with E-state index in [2.05, 4.69) is 25.5 Å². The Morgan fingerprint density at radius 3 is 2.78 bits per heavy atom. The van der Waals surface area contributed by atoms with Crippen LogP contribution in [0.5, 0.6) is 0 Å². The molecule has 3 aromatic rings. The number of amides is 1. The molecule has 1 amide bonds. The quantitative estimate of drug-likeness (QED) is 0.654. The number of nitrogens with one attached hydrogen (secondary N) is 2. The lowest BCUT2D eigenvalue weighted by Crippen LogP contribution is -2.28.